The van der Waals surface area contributed by atoms with Crippen molar-refractivity contribution >= 4 is 50.6 Å². The first kappa shape index (κ1) is 14.6. The molecule has 0 aliphatic carbocycles. The minimum Gasteiger partial charge on any atom is -0.398 e. The third kappa shape index (κ3) is 3.60. The van der Waals surface area contributed by atoms with Gasteiger partial charge in [-0.05, 0) is 24.5 Å². The summed E-state index contributed by atoms with van der Waals surface area (Å²) in [5.41, 5.74) is 6.16. The van der Waals surface area contributed by atoms with Crippen LogP contribution in [0.1, 0.15) is 0 Å². The van der Waals surface area contributed by atoms with Crippen molar-refractivity contribution in [3.63, 3.8) is 0 Å². The van der Waals surface area contributed by atoms with E-state index in [2.05, 4.69) is 10.2 Å². The van der Waals surface area contributed by atoms with Crippen molar-refractivity contribution in [2.75, 3.05) is 12.0 Å². The van der Waals surface area contributed by atoms with Gasteiger partial charge in [0.1, 0.15) is 0 Å². The summed E-state index contributed by atoms with van der Waals surface area (Å²) in [5, 5.41) is 13.0. The molecule has 0 saturated heterocycles. The Morgan fingerprint density at radius 2 is 1.95 bits per heavy atom. The molecule has 1 aromatic carbocycles. The van der Waals surface area contributed by atoms with E-state index in [1.165, 1.54) is 47.0 Å². The summed E-state index contributed by atoms with van der Waals surface area (Å²) in [5.74, 6) is 0. The summed E-state index contributed by atoms with van der Waals surface area (Å²) in [4.78, 5) is 0.715. The fourth-order valence-corrected chi connectivity index (χ4v) is 4.18. The Balaban J connectivity index is 2.27. The molecule has 0 radical (unpaired) electrons. The topological polar surface area (TPSA) is 112 Å². The number of anilines is 1. The lowest BCUT2D eigenvalue weighted by molar-refractivity contribution is 0.598. The fourth-order valence-electron chi connectivity index (χ4n) is 1.21. The van der Waals surface area contributed by atoms with E-state index in [-0.39, 0.29) is 4.90 Å². The lowest BCUT2D eigenvalue weighted by Gasteiger charge is -2.04. The van der Waals surface area contributed by atoms with E-state index in [1.54, 1.807) is 6.07 Å². The number of sulfonamides is 1. The maximum Gasteiger partial charge on any atom is 0.238 e. The Bertz CT molecular complexity index is 698. The molecule has 19 heavy (non-hydrogen) atoms. The molecule has 6 nitrogen and oxygen atoms in total. The number of nitrogen functional groups attached to an aromatic ring is 1. The smallest absolute Gasteiger partial charge is 0.238 e. The molecule has 0 amide bonds. The number of aromatic nitrogens is 2. The van der Waals surface area contributed by atoms with Gasteiger partial charge in [0.25, 0.3) is 0 Å². The maximum absolute atomic E-state index is 11.2. The molecule has 0 aliphatic heterocycles. The summed E-state index contributed by atoms with van der Waals surface area (Å²) in [6.07, 6.45) is 1.92. The summed E-state index contributed by atoms with van der Waals surface area (Å²) in [6, 6.07) is 4.37. The molecule has 0 aliphatic rings. The second kappa shape index (κ2) is 5.67. The molecule has 2 aromatic rings. The van der Waals surface area contributed by atoms with E-state index in [9.17, 15) is 8.42 Å². The van der Waals surface area contributed by atoms with Crippen LogP contribution in [0.2, 0.25) is 0 Å². The third-order valence-electron chi connectivity index (χ3n) is 2.07. The Kier molecular flexibility index (Phi) is 4.36. The van der Waals surface area contributed by atoms with Gasteiger partial charge in [-0.25, -0.2) is 13.6 Å². The van der Waals surface area contributed by atoms with Crippen LogP contribution in [0.4, 0.5) is 5.69 Å². The van der Waals surface area contributed by atoms with E-state index >= 15 is 0 Å². The van der Waals surface area contributed by atoms with Crippen LogP contribution in [0.15, 0.2) is 36.7 Å². The van der Waals surface area contributed by atoms with E-state index in [0.29, 0.717) is 5.69 Å². The Labute approximate surface area is 123 Å². The number of primary sulfonamides is 1. The van der Waals surface area contributed by atoms with Gasteiger partial charge in [0.05, 0.1) is 4.90 Å². The fraction of sp³-hybridized carbons (Fsp3) is 0.111. The average molecular weight is 334 g/mol. The van der Waals surface area contributed by atoms with Crippen LogP contribution in [0.25, 0.3) is 0 Å². The summed E-state index contributed by atoms with van der Waals surface area (Å²) >= 11 is 4.31. The van der Waals surface area contributed by atoms with Crippen molar-refractivity contribution < 1.29 is 8.42 Å². The summed E-state index contributed by atoms with van der Waals surface area (Å²) in [7, 11) is -3.73. The van der Waals surface area contributed by atoms with Crippen LogP contribution < -0.4 is 10.9 Å². The zero-order valence-corrected chi connectivity index (χ0v) is 13.0. The number of thioether (sulfide) groups is 1. The largest absolute Gasteiger partial charge is 0.398 e. The molecule has 0 fully saturated rings. The average Bonchev–Trinajstić information content (AvgIpc) is 2.78. The molecule has 0 atom stereocenters. The molecular weight excluding hydrogens is 324 g/mol. The predicted molar refractivity (Wildman–Crippen MR) is 78.0 cm³/mol. The van der Waals surface area contributed by atoms with Gasteiger partial charge in [-0.2, -0.15) is 0 Å². The van der Waals surface area contributed by atoms with Gasteiger partial charge < -0.3 is 5.73 Å². The van der Waals surface area contributed by atoms with Crippen LogP contribution in [-0.2, 0) is 10.0 Å². The number of nitrogens with zero attached hydrogens (tertiary/aromatic N) is 2. The molecule has 0 unspecified atom stereocenters. The lowest BCUT2D eigenvalue weighted by Crippen LogP contribution is -2.12. The van der Waals surface area contributed by atoms with Crippen LogP contribution >= 0.6 is 34.9 Å². The summed E-state index contributed by atoms with van der Waals surface area (Å²) < 4.78 is 24.0. The molecule has 102 valence electrons. The van der Waals surface area contributed by atoms with Crippen molar-refractivity contribution in [2.24, 2.45) is 5.14 Å². The van der Waals surface area contributed by atoms with Crippen LogP contribution in [0.3, 0.4) is 0 Å². The van der Waals surface area contributed by atoms with Gasteiger partial charge >= 0.3 is 0 Å². The lowest BCUT2D eigenvalue weighted by atomic mass is 10.3. The highest BCUT2D eigenvalue weighted by Gasteiger charge is 2.12. The molecule has 1 aromatic heterocycles. The summed E-state index contributed by atoms with van der Waals surface area (Å²) in [6.45, 7) is 0. The van der Waals surface area contributed by atoms with Crippen LogP contribution in [0.5, 0.6) is 0 Å². The van der Waals surface area contributed by atoms with Crippen molar-refractivity contribution in [3.8, 4) is 0 Å². The maximum atomic E-state index is 11.2. The molecule has 0 saturated carbocycles. The second-order valence-electron chi connectivity index (χ2n) is 3.38. The van der Waals surface area contributed by atoms with Gasteiger partial charge in [0.2, 0.25) is 10.0 Å². The number of nitrogens with two attached hydrogens (primary N) is 2. The highest BCUT2D eigenvalue weighted by Crippen LogP contribution is 2.36. The second-order valence-corrected chi connectivity index (χ2v) is 8.27. The minimum absolute atomic E-state index is 0.00332. The van der Waals surface area contributed by atoms with Crippen molar-refractivity contribution in [2.45, 2.75) is 18.5 Å². The molecule has 2 rings (SSSR count). The van der Waals surface area contributed by atoms with Gasteiger partial charge in [-0.1, -0.05) is 34.9 Å². The Morgan fingerprint density at radius 3 is 2.47 bits per heavy atom. The molecule has 0 bridgehead atoms. The first-order chi connectivity index (χ1) is 8.90. The zero-order chi connectivity index (χ0) is 14.0. The van der Waals surface area contributed by atoms with Gasteiger partial charge in [-0.3, -0.25) is 0 Å². The Morgan fingerprint density at radius 1 is 1.26 bits per heavy atom. The van der Waals surface area contributed by atoms with Gasteiger partial charge in [0.15, 0.2) is 8.68 Å². The SMILES string of the molecule is CSc1nnc(Sc2ccc(S(N)(=O)=O)cc2N)s1. The van der Waals surface area contributed by atoms with Crippen molar-refractivity contribution in [1.29, 1.82) is 0 Å². The Hall–Kier alpha value is -0.810. The van der Waals surface area contributed by atoms with Gasteiger partial charge in [-0.15, -0.1) is 10.2 Å². The first-order valence-electron chi connectivity index (χ1n) is 4.88. The highest BCUT2D eigenvalue weighted by molar-refractivity contribution is 8.03. The predicted octanol–water partition coefficient (Wildman–Crippen LogP) is 1.64. The highest BCUT2D eigenvalue weighted by atomic mass is 32.2. The van der Waals surface area contributed by atoms with Crippen molar-refractivity contribution in [1.82, 2.24) is 10.2 Å². The zero-order valence-electron chi connectivity index (χ0n) is 9.73. The van der Waals surface area contributed by atoms with E-state index in [4.69, 9.17) is 10.9 Å². The minimum atomic E-state index is -3.73. The standard InChI is InChI=1S/C9H10N4O2S4/c1-16-8-12-13-9(18-8)17-7-3-2-5(4-6(7)10)19(11,14)15/h2-4H,10H2,1H3,(H2,11,14,15). The van der Waals surface area contributed by atoms with Gasteiger partial charge in [0, 0.05) is 10.6 Å². The number of rotatable bonds is 4. The first-order valence-corrected chi connectivity index (χ1v) is 9.28. The quantitative estimate of drug-likeness (QED) is 0.645. The van der Waals surface area contributed by atoms with Crippen LogP contribution in [-0.4, -0.2) is 24.9 Å². The molecular formula is C9H10N4O2S4. The third-order valence-corrected chi connectivity index (χ3v) is 6.02. The number of hydrogen-bond acceptors (Lipinski definition) is 8. The van der Waals surface area contributed by atoms with E-state index in [1.807, 2.05) is 6.26 Å². The number of benzene rings is 1. The van der Waals surface area contributed by atoms with Crippen LogP contribution in [0, 0.1) is 0 Å². The van der Waals surface area contributed by atoms with E-state index < -0.39 is 10.0 Å². The van der Waals surface area contributed by atoms with E-state index in [0.717, 1.165) is 13.6 Å². The molecule has 1 heterocycles. The molecule has 4 N–H and O–H groups in total. The molecule has 10 heteroatoms. The number of hydrogen-bond donors (Lipinski definition) is 2. The normalized spacial score (nSPS) is 11.7. The van der Waals surface area contributed by atoms with Crippen molar-refractivity contribution in [3.05, 3.63) is 18.2 Å². The molecule has 0 spiro atoms. The monoisotopic (exact) mass is 334 g/mol.